The topological polar surface area (TPSA) is 49.8 Å². The fourth-order valence-corrected chi connectivity index (χ4v) is 7.48. The van der Waals surface area contributed by atoms with Crippen molar-refractivity contribution in [1.82, 2.24) is 4.90 Å². The van der Waals surface area contributed by atoms with Gasteiger partial charge in [-0.05, 0) is 58.0 Å². The van der Waals surface area contributed by atoms with Crippen molar-refractivity contribution in [2.24, 2.45) is 0 Å². The molecule has 1 atom stereocenters. The zero-order valence-corrected chi connectivity index (χ0v) is 34.8. The van der Waals surface area contributed by atoms with Crippen molar-refractivity contribution >= 4 is 5.97 Å². The van der Waals surface area contributed by atoms with Crippen LogP contribution in [0.4, 0.5) is 0 Å². The highest BCUT2D eigenvalue weighted by molar-refractivity contribution is 5.69. The Morgan fingerprint density at radius 3 is 1.06 bits per heavy atom. The maximum absolute atomic E-state index is 12.7. The maximum atomic E-state index is 12.7. The second-order valence-corrected chi connectivity index (χ2v) is 16.0. The monoisotopic (exact) mass is 708 g/mol. The number of carbonyl (C=O) groups is 1. The number of carbonyl (C=O) groups excluding carboxylic acids is 1. The highest BCUT2D eigenvalue weighted by Gasteiger charge is 2.14. The van der Waals surface area contributed by atoms with E-state index in [-0.39, 0.29) is 18.7 Å². The molecule has 0 aromatic carbocycles. The normalized spacial score (nSPS) is 12.3. The van der Waals surface area contributed by atoms with Gasteiger partial charge in [0.1, 0.15) is 6.10 Å². The molecule has 0 saturated heterocycles. The number of hydrogen-bond acceptors (Lipinski definition) is 4. The van der Waals surface area contributed by atoms with Gasteiger partial charge in [-0.1, -0.05) is 207 Å². The summed E-state index contributed by atoms with van der Waals surface area (Å²) in [5.41, 5.74) is 0. The van der Waals surface area contributed by atoms with Gasteiger partial charge in [-0.2, -0.15) is 0 Å². The van der Waals surface area contributed by atoms with Crippen LogP contribution in [0.5, 0.6) is 0 Å². The lowest BCUT2D eigenvalue weighted by Crippen LogP contribution is -2.29. The van der Waals surface area contributed by atoms with Gasteiger partial charge >= 0.3 is 5.97 Å². The van der Waals surface area contributed by atoms with Crippen LogP contribution >= 0.6 is 0 Å². The van der Waals surface area contributed by atoms with E-state index in [1.165, 1.54) is 205 Å². The maximum Gasteiger partial charge on any atom is 0.306 e. The van der Waals surface area contributed by atoms with E-state index < -0.39 is 0 Å². The predicted octanol–water partition coefficient (Wildman–Crippen LogP) is 14.7. The highest BCUT2D eigenvalue weighted by atomic mass is 16.5. The third-order valence-electron chi connectivity index (χ3n) is 10.9. The summed E-state index contributed by atoms with van der Waals surface area (Å²) in [6.07, 6.45) is 48.0. The summed E-state index contributed by atoms with van der Waals surface area (Å²) in [6.45, 7) is 10.1. The van der Waals surface area contributed by atoms with E-state index in [2.05, 4.69) is 25.7 Å². The van der Waals surface area contributed by atoms with E-state index in [0.717, 1.165) is 45.3 Å². The Morgan fingerprint density at radius 1 is 0.420 bits per heavy atom. The fourth-order valence-electron chi connectivity index (χ4n) is 7.48. The van der Waals surface area contributed by atoms with Crippen LogP contribution in [0.15, 0.2) is 0 Å². The molecule has 4 nitrogen and oxygen atoms in total. The molecule has 50 heavy (non-hydrogen) atoms. The molecule has 1 N–H and O–H groups in total. The molecule has 0 saturated carbocycles. The number of ether oxygens (including phenoxy) is 1. The minimum absolute atomic E-state index is 0.0388. The van der Waals surface area contributed by atoms with E-state index in [1.807, 2.05) is 0 Å². The van der Waals surface area contributed by atoms with Crippen molar-refractivity contribution in [3.63, 3.8) is 0 Å². The van der Waals surface area contributed by atoms with Crippen LogP contribution in [0, 0.1) is 0 Å². The zero-order valence-electron chi connectivity index (χ0n) is 34.8. The molecule has 300 valence electrons. The lowest BCUT2D eigenvalue weighted by atomic mass is 10.0. The van der Waals surface area contributed by atoms with Crippen LogP contribution in [-0.2, 0) is 9.53 Å². The molecule has 0 aromatic rings. The summed E-state index contributed by atoms with van der Waals surface area (Å²) in [5, 5.41) is 9.56. The molecule has 1 unspecified atom stereocenters. The van der Waals surface area contributed by atoms with E-state index >= 15 is 0 Å². The average molecular weight is 708 g/mol. The van der Waals surface area contributed by atoms with Crippen molar-refractivity contribution in [1.29, 1.82) is 0 Å². The standard InChI is InChI=1S/C46H93NO3/c1-4-7-10-13-16-17-18-19-20-21-22-23-24-26-31-36-41-47(43-44-48)42-37-32-27-30-35-40-46(49)50-45(38-33-28-15-12-9-6-3)39-34-29-25-14-11-8-5-2/h45,48H,4-44H2,1-3H3. The number of aliphatic hydroxyl groups excluding tert-OH is 1. The number of aliphatic hydroxyl groups is 1. The SMILES string of the molecule is CCCCCCCCCCCCCCCCCCN(CCO)CCCCCCCC(=O)OC(CCCCCCCC)CCCCCCCCC. The summed E-state index contributed by atoms with van der Waals surface area (Å²) in [5.74, 6) is 0.0388. The third-order valence-corrected chi connectivity index (χ3v) is 10.9. The predicted molar refractivity (Wildman–Crippen MR) is 221 cm³/mol. The van der Waals surface area contributed by atoms with Gasteiger partial charge in [-0.25, -0.2) is 0 Å². The fraction of sp³-hybridized carbons (Fsp3) is 0.978. The Kier molecular flexibility index (Phi) is 42.3. The van der Waals surface area contributed by atoms with Crippen LogP contribution in [0.2, 0.25) is 0 Å². The van der Waals surface area contributed by atoms with E-state index in [4.69, 9.17) is 4.74 Å². The van der Waals surface area contributed by atoms with Gasteiger partial charge in [0, 0.05) is 13.0 Å². The molecule has 0 spiro atoms. The lowest BCUT2D eigenvalue weighted by Gasteiger charge is -2.21. The Labute approximate surface area is 315 Å². The van der Waals surface area contributed by atoms with E-state index in [1.54, 1.807) is 0 Å². The molecule has 0 aliphatic rings. The summed E-state index contributed by atoms with van der Waals surface area (Å²) < 4.78 is 6.05. The Balaban J connectivity index is 3.90. The molecule has 0 amide bonds. The van der Waals surface area contributed by atoms with Gasteiger partial charge in [0.15, 0.2) is 0 Å². The van der Waals surface area contributed by atoms with Crippen molar-refractivity contribution in [2.45, 2.75) is 264 Å². The van der Waals surface area contributed by atoms with Gasteiger partial charge in [-0.3, -0.25) is 4.79 Å². The van der Waals surface area contributed by atoms with E-state index in [9.17, 15) is 9.90 Å². The lowest BCUT2D eigenvalue weighted by molar-refractivity contribution is -0.150. The smallest absolute Gasteiger partial charge is 0.306 e. The molecule has 0 fully saturated rings. The number of esters is 1. The molecule has 0 rings (SSSR count). The minimum atomic E-state index is 0.0388. The zero-order chi connectivity index (χ0) is 36.4. The van der Waals surface area contributed by atoms with Gasteiger partial charge in [0.05, 0.1) is 6.61 Å². The van der Waals surface area contributed by atoms with Crippen LogP contribution in [0.3, 0.4) is 0 Å². The number of nitrogens with zero attached hydrogens (tertiary/aromatic N) is 1. The first kappa shape index (κ1) is 49.4. The van der Waals surface area contributed by atoms with Crippen LogP contribution in [-0.4, -0.2) is 48.3 Å². The molecule has 0 aromatic heterocycles. The second-order valence-electron chi connectivity index (χ2n) is 16.0. The molecule has 0 aliphatic heterocycles. The first-order valence-electron chi connectivity index (χ1n) is 23.2. The molecular weight excluding hydrogens is 615 g/mol. The number of hydrogen-bond donors (Lipinski definition) is 1. The first-order valence-corrected chi connectivity index (χ1v) is 23.2. The van der Waals surface area contributed by atoms with Gasteiger partial charge in [0.25, 0.3) is 0 Å². The van der Waals surface area contributed by atoms with Crippen molar-refractivity contribution < 1.29 is 14.6 Å². The number of unbranched alkanes of at least 4 members (excludes halogenated alkanes) is 30. The molecule has 0 radical (unpaired) electrons. The molecule has 0 heterocycles. The van der Waals surface area contributed by atoms with E-state index in [0.29, 0.717) is 6.42 Å². The van der Waals surface area contributed by atoms with Crippen molar-refractivity contribution in [3.8, 4) is 0 Å². The van der Waals surface area contributed by atoms with Gasteiger partial charge < -0.3 is 14.7 Å². The number of rotatable bonds is 43. The molecular formula is C46H93NO3. The molecule has 0 bridgehead atoms. The summed E-state index contributed by atoms with van der Waals surface area (Å²) in [7, 11) is 0. The third kappa shape index (κ3) is 38.6. The molecule has 0 aliphatic carbocycles. The van der Waals surface area contributed by atoms with Gasteiger partial charge in [-0.15, -0.1) is 0 Å². The van der Waals surface area contributed by atoms with Crippen LogP contribution in [0.1, 0.15) is 258 Å². The average Bonchev–Trinajstić information content (AvgIpc) is 3.11. The molecule has 4 heteroatoms. The Morgan fingerprint density at radius 2 is 0.720 bits per heavy atom. The van der Waals surface area contributed by atoms with Crippen LogP contribution in [0.25, 0.3) is 0 Å². The first-order chi connectivity index (χ1) is 24.7. The Hall–Kier alpha value is -0.610. The van der Waals surface area contributed by atoms with Crippen molar-refractivity contribution in [2.75, 3.05) is 26.2 Å². The highest BCUT2D eigenvalue weighted by Crippen LogP contribution is 2.19. The second kappa shape index (κ2) is 42.8. The van der Waals surface area contributed by atoms with Crippen molar-refractivity contribution in [3.05, 3.63) is 0 Å². The van der Waals surface area contributed by atoms with Crippen LogP contribution < -0.4 is 0 Å². The Bertz CT molecular complexity index is 641. The minimum Gasteiger partial charge on any atom is -0.462 e. The van der Waals surface area contributed by atoms with Gasteiger partial charge in [0.2, 0.25) is 0 Å². The summed E-state index contributed by atoms with van der Waals surface area (Å²) in [4.78, 5) is 15.2. The largest absolute Gasteiger partial charge is 0.462 e. The summed E-state index contributed by atoms with van der Waals surface area (Å²) >= 11 is 0. The quantitative estimate of drug-likeness (QED) is 0.0506. The summed E-state index contributed by atoms with van der Waals surface area (Å²) in [6, 6.07) is 0.